The van der Waals surface area contributed by atoms with Crippen LogP contribution in [0.5, 0.6) is 0 Å². The number of fused-ring (bicyclic) bond motifs is 1. The predicted molar refractivity (Wildman–Crippen MR) is 56.5 cm³/mol. The monoisotopic (exact) mass is 174 g/mol. The topological polar surface area (TPSA) is 0 Å². The lowest BCUT2D eigenvalue weighted by molar-refractivity contribution is 1.72. The summed E-state index contributed by atoms with van der Waals surface area (Å²) in [7, 11) is 0. The number of allylic oxidation sites excluding steroid dienone is 1. The molecule has 0 fully saturated rings. The van der Waals surface area contributed by atoms with Crippen LogP contribution < -0.4 is 0 Å². The average molecular weight is 174 g/mol. The molecule has 0 nitrogen and oxygen atoms in total. The van der Waals surface area contributed by atoms with Crippen LogP contribution >= 0.6 is 11.3 Å². The van der Waals surface area contributed by atoms with E-state index in [1.807, 2.05) is 6.92 Å². The van der Waals surface area contributed by atoms with E-state index in [2.05, 4.69) is 41.8 Å². The third-order valence-corrected chi connectivity index (χ3v) is 2.73. The molecular formula is C11H10S. The van der Waals surface area contributed by atoms with Crippen LogP contribution in [0, 0.1) is 0 Å². The van der Waals surface area contributed by atoms with E-state index in [0.717, 1.165) is 0 Å². The Hall–Kier alpha value is -1.08. The third kappa shape index (κ3) is 1.28. The summed E-state index contributed by atoms with van der Waals surface area (Å²) >= 11 is 1.79. The van der Waals surface area contributed by atoms with Crippen molar-refractivity contribution in [3.63, 3.8) is 0 Å². The van der Waals surface area contributed by atoms with Gasteiger partial charge in [0, 0.05) is 4.70 Å². The first-order chi connectivity index (χ1) is 5.90. The predicted octanol–water partition coefficient (Wildman–Crippen LogP) is 3.93. The van der Waals surface area contributed by atoms with Crippen molar-refractivity contribution in [2.24, 2.45) is 0 Å². The summed E-state index contributed by atoms with van der Waals surface area (Å²) in [6.07, 6.45) is 4.19. The van der Waals surface area contributed by atoms with Gasteiger partial charge in [-0.2, -0.15) is 0 Å². The minimum absolute atomic E-state index is 1.28. The van der Waals surface area contributed by atoms with Crippen LogP contribution in [-0.2, 0) is 0 Å². The highest BCUT2D eigenvalue weighted by atomic mass is 32.1. The van der Waals surface area contributed by atoms with Crippen LogP contribution in [-0.4, -0.2) is 0 Å². The molecule has 2 rings (SSSR count). The van der Waals surface area contributed by atoms with E-state index in [9.17, 15) is 0 Å². The maximum atomic E-state index is 2.21. The number of hydrogen-bond acceptors (Lipinski definition) is 1. The molecule has 0 aliphatic carbocycles. The molecule has 60 valence electrons. The number of hydrogen-bond donors (Lipinski definition) is 0. The van der Waals surface area contributed by atoms with E-state index in [4.69, 9.17) is 0 Å². The van der Waals surface area contributed by atoms with E-state index in [0.29, 0.717) is 0 Å². The average Bonchev–Trinajstić information content (AvgIpc) is 2.51. The molecular weight excluding hydrogens is 164 g/mol. The summed E-state index contributed by atoms with van der Waals surface area (Å²) in [6.45, 7) is 2.04. The SMILES string of the molecule is C/C=C/c1ccc2sccc2c1. The Morgan fingerprint density at radius 1 is 1.25 bits per heavy atom. The maximum Gasteiger partial charge on any atom is 0.0343 e. The van der Waals surface area contributed by atoms with Gasteiger partial charge in [-0.25, -0.2) is 0 Å². The minimum Gasteiger partial charge on any atom is -0.144 e. The fourth-order valence-electron chi connectivity index (χ4n) is 1.28. The Morgan fingerprint density at radius 2 is 2.17 bits per heavy atom. The van der Waals surface area contributed by atoms with Crippen LogP contribution in [0.3, 0.4) is 0 Å². The zero-order valence-corrected chi connectivity index (χ0v) is 7.77. The Labute approximate surface area is 76.2 Å². The van der Waals surface area contributed by atoms with E-state index in [1.165, 1.54) is 15.6 Å². The molecule has 0 aliphatic heterocycles. The molecule has 0 amide bonds. The van der Waals surface area contributed by atoms with Crippen molar-refractivity contribution < 1.29 is 0 Å². The minimum atomic E-state index is 1.28. The number of benzene rings is 1. The molecule has 12 heavy (non-hydrogen) atoms. The molecule has 0 N–H and O–H groups in total. The van der Waals surface area contributed by atoms with Crippen LogP contribution in [0.25, 0.3) is 16.2 Å². The van der Waals surface area contributed by atoms with Gasteiger partial charge in [-0.1, -0.05) is 18.2 Å². The van der Waals surface area contributed by atoms with Crippen molar-refractivity contribution in [3.05, 3.63) is 41.3 Å². The fraction of sp³-hybridized carbons (Fsp3) is 0.0909. The highest BCUT2D eigenvalue weighted by Crippen LogP contribution is 2.22. The molecule has 0 radical (unpaired) electrons. The second-order valence-electron chi connectivity index (χ2n) is 2.72. The standard InChI is InChI=1S/C11H10S/c1-2-3-9-4-5-11-10(8-9)6-7-12-11/h2-8H,1H3/b3-2+. The number of thiophene rings is 1. The van der Waals surface area contributed by atoms with Gasteiger partial charge in [-0.3, -0.25) is 0 Å². The molecule has 0 atom stereocenters. The van der Waals surface area contributed by atoms with E-state index < -0.39 is 0 Å². The molecule has 1 heterocycles. The van der Waals surface area contributed by atoms with Gasteiger partial charge in [0.2, 0.25) is 0 Å². The van der Waals surface area contributed by atoms with Crippen molar-refractivity contribution in [1.29, 1.82) is 0 Å². The van der Waals surface area contributed by atoms with Gasteiger partial charge in [-0.05, 0) is 41.5 Å². The second kappa shape index (κ2) is 3.11. The fourth-order valence-corrected chi connectivity index (χ4v) is 2.05. The second-order valence-corrected chi connectivity index (χ2v) is 3.67. The van der Waals surface area contributed by atoms with E-state index >= 15 is 0 Å². The highest BCUT2D eigenvalue weighted by molar-refractivity contribution is 7.17. The Bertz CT molecular complexity index is 410. The lowest BCUT2D eigenvalue weighted by Gasteiger charge is -1.92. The zero-order valence-electron chi connectivity index (χ0n) is 6.95. The molecule has 0 saturated heterocycles. The summed E-state index contributed by atoms with van der Waals surface area (Å²) in [5.74, 6) is 0. The smallest absolute Gasteiger partial charge is 0.0343 e. The van der Waals surface area contributed by atoms with Gasteiger partial charge in [0.15, 0.2) is 0 Å². The van der Waals surface area contributed by atoms with Crippen LogP contribution in [0.15, 0.2) is 35.7 Å². The van der Waals surface area contributed by atoms with Gasteiger partial charge in [0.1, 0.15) is 0 Å². The Kier molecular flexibility index (Phi) is 1.96. The molecule has 0 unspecified atom stereocenters. The normalized spacial score (nSPS) is 11.4. The molecule has 0 spiro atoms. The van der Waals surface area contributed by atoms with Crippen LogP contribution in [0.1, 0.15) is 12.5 Å². The first-order valence-electron chi connectivity index (χ1n) is 4.00. The summed E-state index contributed by atoms with van der Waals surface area (Å²) in [5, 5.41) is 3.47. The van der Waals surface area contributed by atoms with Crippen molar-refractivity contribution in [2.75, 3.05) is 0 Å². The van der Waals surface area contributed by atoms with Crippen molar-refractivity contribution in [3.8, 4) is 0 Å². The largest absolute Gasteiger partial charge is 0.144 e. The number of rotatable bonds is 1. The zero-order chi connectivity index (χ0) is 8.39. The quantitative estimate of drug-likeness (QED) is 0.614. The van der Waals surface area contributed by atoms with Gasteiger partial charge >= 0.3 is 0 Å². The summed E-state index contributed by atoms with van der Waals surface area (Å²) in [5.41, 5.74) is 1.28. The first kappa shape index (κ1) is 7.56. The molecule has 0 bridgehead atoms. The van der Waals surface area contributed by atoms with Crippen molar-refractivity contribution in [2.45, 2.75) is 6.92 Å². The van der Waals surface area contributed by atoms with Gasteiger partial charge in [-0.15, -0.1) is 11.3 Å². The van der Waals surface area contributed by atoms with Crippen LogP contribution in [0.4, 0.5) is 0 Å². The van der Waals surface area contributed by atoms with E-state index in [-0.39, 0.29) is 0 Å². The van der Waals surface area contributed by atoms with Crippen LogP contribution in [0.2, 0.25) is 0 Å². The summed E-state index contributed by atoms with van der Waals surface area (Å²) < 4.78 is 1.36. The van der Waals surface area contributed by atoms with Gasteiger partial charge in [0.25, 0.3) is 0 Å². The maximum absolute atomic E-state index is 2.21. The summed E-state index contributed by atoms with van der Waals surface area (Å²) in [4.78, 5) is 0. The molecule has 0 saturated carbocycles. The Morgan fingerprint density at radius 3 is 3.00 bits per heavy atom. The lowest BCUT2D eigenvalue weighted by atomic mass is 10.1. The van der Waals surface area contributed by atoms with Gasteiger partial charge in [0.05, 0.1) is 0 Å². The molecule has 2 aromatic rings. The Balaban J connectivity index is 2.60. The van der Waals surface area contributed by atoms with Gasteiger partial charge < -0.3 is 0 Å². The van der Waals surface area contributed by atoms with Crippen molar-refractivity contribution >= 4 is 27.5 Å². The molecule has 1 heteroatoms. The highest BCUT2D eigenvalue weighted by Gasteiger charge is 1.93. The lowest BCUT2D eigenvalue weighted by Crippen LogP contribution is -1.68. The summed E-state index contributed by atoms with van der Waals surface area (Å²) in [6, 6.07) is 8.70. The van der Waals surface area contributed by atoms with E-state index in [1.54, 1.807) is 11.3 Å². The van der Waals surface area contributed by atoms with Crippen molar-refractivity contribution in [1.82, 2.24) is 0 Å². The third-order valence-electron chi connectivity index (χ3n) is 1.84. The molecule has 1 aromatic carbocycles. The molecule has 0 aliphatic rings. The first-order valence-corrected chi connectivity index (χ1v) is 4.88. The molecule has 1 aromatic heterocycles.